The van der Waals surface area contributed by atoms with Crippen molar-refractivity contribution in [1.29, 1.82) is 0 Å². The lowest BCUT2D eigenvalue weighted by Gasteiger charge is -1.99. The predicted octanol–water partition coefficient (Wildman–Crippen LogP) is 1.18. The van der Waals surface area contributed by atoms with Crippen molar-refractivity contribution in [2.24, 2.45) is 11.8 Å². The van der Waals surface area contributed by atoms with E-state index in [1.165, 1.54) is 19.3 Å². The lowest BCUT2D eigenvalue weighted by Crippen LogP contribution is -2.04. The molecular formula is C7H10O. The van der Waals surface area contributed by atoms with Crippen molar-refractivity contribution in [1.82, 2.24) is 0 Å². The molecule has 44 valence electrons. The predicted molar refractivity (Wildman–Crippen MR) is 29.5 cm³/mol. The molecule has 2 saturated carbocycles. The van der Waals surface area contributed by atoms with Crippen LogP contribution in [0, 0.1) is 11.8 Å². The highest BCUT2D eigenvalue weighted by Crippen LogP contribution is 2.55. The zero-order valence-corrected chi connectivity index (χ0v) is 4.84. The summed E-state index contributed by atoms with van der Waals surface area (Å²) in [5.74, 6) is 1.98. The highest BCUT2D eigenvalue weighted by Gasteiger charge is 2.59. The minimum Gasteiger partial charge on any atom is -0.369 e. The van der Waals surface area contributed by atoms with Crippen LogP contribution in [0.2, 0.25) is 0 Å². The number of hydrogen-bond acceptors (Lipinski definition) is 1. The van der Waals surface area contributed by atoms with Gasteiger partial charge in [-0.15, -0.1) is 0 Å². The van der Waals surface area contributed by atoms with Gasteiger partial charge in [-0.3, -0.25) is 0 Å². The Morgan fingerprint density at radius 3 is 2.00 bits per heavy atom. The quantitative estimate of drug-likeness (QED) is 0.427. The van der Waals surface area contributed by atoms with Gasteiger partial charge < -0.3 is 4.74 Å². The van der Waals surface area contributed by atoms with Gasteiger partial charge in [0.1, 0.15) is 0 Å². The van der Waals surface area contributed by atoms with Crippen molar-refractivity contribution >= 4 is 0 Å². The van der Waals surface area contributed by atoms with Crippen LogP contribution < -0.4 is 0 Å². The van der Waals surface area contributed by atoms with Crippen LogP contribution in [0.3, 0.4) is 0 Å². The second kappa shape index (κ2) is 0.971. The number of epoxide rings is 1. The maximum absolute atomic E-state index is 5.44. The molecule has 0 amide bonds. The first-order chi connectivity index (χ1) is 3.95. The number of fused-ring (bicyclic) bond motifs is 5. The van der Waals surface area contributed by atoms with E-state index in [-0.39, 0.29) is 0 Å². The maximum Gasteiger partial charge on any atom is 0.0872 e. The highest BCUT2D eigenvalue weighted by atomic mass is 16.6. The molecule has 0 N–H and O–H groups in total. The van der Waals surface area contributed by atoms with E-state index in [1.54, 1.807) is 0 Å². The molecule has 1 saturated heterocycles. The third kappa shape index (κ3) is 0.278. The summed E-state index contributed by atoms with van der Waals surface area (Å²) in [5.41, 5.74) is 0. The Kier molecular flexibility index (Phi) is 0.472. The molecule has 3 rings (SSSR count). The third-order valence-electron chi connectivity index (χ3n) is 3.00. The molecule has 8 heavy (non-hydrogen) atoms. The molecule has 2 aliphatic carbocycles. The molecule has 1 aliphatic heterocycles. The Balaban J connectivity index is 2.02. The SMILES string of the molecule is C1CC2CC1[C@H]1O[C@@H]21. The van der Waals surface area contributed by atoms with Gasteiger partial charge in [0, 0.05) is 0 Å². The summed E-state index contributed by atoms with van der Waals surface area (Å²) in [5, 5.41) is 0. The molecule has 4 atom stereocenters. The summed E-state index contributed by atoms with van der Waals surface area (Å²) >= 11 is 0. The number of rotatable bonds is 0. The average Bonchev–Trinajstić information content (AvgIpc) is 2.39. The van der Waals surface area contributed by atoms with E-state index in [0.29, 0.717) is 0 Å². The van der Waals surface area contributed by atoms with Crippen LogP contribution in [-0.4, -0.2) is 12.2 Å². The summed E-state index contributed by atoms with van der Waals surface area (Å²) in [6, 6.07) is 0. The van der Waals surface area contributed by atoms with Gasteiger partial charge in [-0.1, -0.05) is 0 Å². The summed E-state index contributed by atoms with van der Waals surface area (Å²) in [6.45, 7) is 0. The fourth-order valence-electron chi connectivity index (χ4n) is 2.54. The molecule has 0 radical (unpaired) electrons. The first-order valence-electron chi connectivity index (χ1n) is 3.60. The van der Waals surface area contributed by atoms with Crippen molar-refractivity contribution in [3.63, 3.8) is 0 Å². The fourth-order valence-corrected chi connectivity index (χ4v) is 2.54. The minimum atomic E-state index is 0.744. The number of ether oxygens (including phenoxy) is 1. The molecule has 3 fully saturated rings. The van der Waals surface area contributed by atoms with E-state index in [2.05, 4.69) is 0 Å². The zero-order chi connectivity index (χ0) is 5.14. The van der Waals surface area contributed by atoms with Crippen LogP contribution in [0.4, 0.5) is 0 Å². The van der Waals surface area contributed by atoms with Crippen LogP contribution in [0.1, 0.15) is 19.3 Å². The molecule has 0 spiro atoms. The van der Waals surface area contributed by atoms with Crippen LogP contribution in [0.25, 0.3) is 0 Å². The van der Waals surface area contributed by atoms with Crippen molar-refractivity contribution < 1.29 is 4.74 Å². The average molecular weight is 110 g/mol. The molecule has 0 aromatic heterocycles. The second-order valence-electron chi connectivity index (χ2n) is 3.40. The van der Waals surface area contributed by atoms with Crippen LogP contribution in [0.5, 0.6) is 0 Å². The Morgan fingerprint density at radius 1 is 1.00 bits per heavy atom. The first kappa shape index (κ1) is 3.89. The van der Waals surface area contributed by atoms with Gasteiger partial charge in [-0.2, -0.15) is 0 Å². The second-order valence-corrected chi connectivity index (χ2v) is 3.40. The van der Waals surface area contributed by atoms with E-state index in [9.17, 15) is 0 Å². The maximum atomic E-state index is 5.44. The molecule has 2 unspecified atom stereocenters. The van der Waals surface area contributed by atoms with Crippen molar-refractivity contribution in [2.75, 3.05) is 0 Å². The molecule has 0 aromatic carbocycles. The van der Waals surface area contributed by atoms with E-state index >= 15 is 0 Å². The zero-order valence-electron chi connectivity index (χ0n) is 4.84. The van der Waals surface area contributed by atoms with Crippen molar-refractivity contribution in [3.8, 4) is 0 Å². The van der Waals surface area contributed by atoms with E-state index in [0.717, 1.165) is 24.0 Å². The van der Waals surface area contributed by atoms with Gasteiger partial charge in [0.15, 0.2) is 0 Å². The Morgan fingerprint density at radius 2 is 1.62 bits per heavy atom. The highest BCUT2D eigenvalue weighted by molar-refractivity contribution is 5.07. The summed E-state index contributed by atoms with van der Waals surface area (Å²) in [7, 11) is 0. The molecular weight excluding hydrogens is 100 g/mol. The normalized spacial score (nSPS) is 66.0. The summed E-state index contributed by atoms with van der Waals surface area (Å²) in [6.07, 6.45) is 5.91. The smallest absolute Gasteiger partial charge is 0.0872 e. The molecule has 0 aromatic rings. The minimum absolute atomic E-state index is 0.744. The monoisotopic (exact) mass is 110 g/mol. The van der Waals surface area contributed by atoms with Crippen molar-refractivity contribution in [2.45, 2.75) is 31.5 Å². The third-order valence-corrected chi connectivity index (χ3v) is 3.00. The Bertz CT molecular complexity index is 118. The van der Waals surface area contributed by atoms with E-state index < -0.39 is 0 Å². The topological polar surface area (TPSA) is 12.5 Å². The van der Waals surface area contributed by atoms with Gasteiger partial charge in [-0.05, 0) is 31.1 Å². The molecule has 1 heterocycles. The molecule has 2 bridgehead atoms. The largest absolute Gasteiger partial charge is 0.369 e. The van der Waals surface area contributed by atoms with E-state index in [4.69, 9.17) is 4.74 Å². The Labute approximate surface area is 49.0 Å². The van der Waals surface area contributed by atoms with Gasteiger partial charge >= 0.3 is 0 Å². The van der Waals surface area contributed by atoms with Gasteiger partial charge in [0.05, 0.1) is 12.2 Å². The summed E-state index contributed by atoms with van der Waals surface area (Å²) < 4.78 is 5.44. The lowest BCUT2D eigenvalue weighted by molar-refractivity contribution is 0.264. The van der Waals surface area contributed by atoms with Crippen molar-refractivity contribution in [3.05, 3.63) is 0 Å². The fraction of sp³-hybridized carbons (Fsp3) is 1.00. The molecule has 1 heteroatoms. The molecule has 3 aliphatic rings. The number of hydrogen-bond donors (Lipinski definition) is 0. The molecule has 1 nitrogen and oxygen atoms in total. The Hall–Kier alpha value is -0.0400. The summed E-state index contributed by atoms with van der Waals surface area (Å²) in [4.78, 5) is 0. The first-order valence-corrected chi connectivity index (χ1v) is 3.60. The van der Waals surface area contributed by atoms with Gasteiger partial charge in [0.2, 0.25) is 0 Å². The van der Waals surface area contributed by atoms with Gasteiger partial charge in [-0.25, -0.2) is 0 Å². The van der Waals surface area contributed by atoms with Gasteiger partial charge in [0.25, 0.3) is 0 Å². The standard InChI is InChI=1S/C7H10O/c1-2-5-3-4(1)6-7(5)8-6/h4-7H,1-3H2/t4?,5?,6-,7+. The lowest BCUT2D eigenvalue weighted by atomic mass is 10.0. The van der Waals surface area contributed by atoms with Crippen LogP contribution >= 0.6 is 0 Å². The van der Waals surface area contributed by atoms with Crippen LogP contribution in [0.15, 0.2) is 0 Å². The van der Waals surface area contributed by atoms with Crippen LogP contribution in [-0.2, 0) is 4.74 Å². The van der Waals surface area contributed by atoms with E-state index in [1.807, 2.05) is 0 Å².